The summed E-state index contributed by atoms with van der Waals surface area (Å²) >= 11 is 0.513. The Morgan fingerprint density at radius 3 is 2.29 bits per heavy atom. The Morgan fingerprint density at radius 1 is 1.17 bits per heavy atom. The number of halogens is 3. The first-order valence-electron chi connectivity index (χ1n) is 7.34. The van der Waals surface area contributed by atoms with E-state index in [9.17, 15) is 18.0 Å². The number of nitrogens with zero attached hydrogens (tertiary/aromatic N) is 3. The molecule has 128 valence electrons. The molecular weight excluding hydrogens is 341 g/mol. The number of hydrogen-bond acceptors (Lipinski definition) is 5. The first-order valence-corrected chi connectivity index (χ1v) is 8.16. The van der Waals surface area contributed by atoms with Gasteiger partial charge in [0.25, 0.3) is 0 Å². The zero-order valence-corrected chi connectivity index (χ0v) is 13.4. The van der Waals surface area contributed by atoms with E-state index in [4.69, 9.17) is 5.73 Å². The highest BCUT2D eigenvalue weighted by molar-refractivity contribution is 7.15. The fraction of sp³-hybridized carbons (Fsp3) is 0.400. The van der Waals surface area contributed by atoms with Crippen molar-refractivity contribution in [3.8, 4) is 0 Å². The summed E-state index contributed by atoms with van der Waals surface area (Å²) in [6.07, 6.45) is -3.65. The van der Waals surface area contributed by atoms with E-state index < -0.39 is 22.5 Å². The van der Waals surface area contributed by atoms with Crippen LogP contribution in [0.5, 0.6) is 0 Å². The summed E-state index contributed by atoms with van der Waals surface area (Å²) in [6, 6.07) is 9.24. The zero-order chi connectivity index (χ0) is 17.4. The molecule has 2 heterocycles. The van der Waals surface area contributed by atoms with Crippen molar-refractivity contribution in [2.45, 2.75) is 24.4 Å². The molecule has 3 rings (SSSR count). The van der Waals surface area contributed by atoms with E-state index in [0.717, 1.165) is 5.56 Å². The van der Waals surface area contributed by atoms with Crippen LogP contribution in [0.2, 0.25) is 0 Å². The number of primary amides is 1. The van der Waals surface area contributed by atoms with Gasteiger partial charge in [0.1, 0.15) is 0 Å². The van der Waals surface area contributed by atoms with Gasteiger partial charge in [0.2, 0.25) is 16.0 Å². The highest BCUT2D eigenvalue weighted by Crippen LogP contribution is 2.39. The van der Waals surface area contributed by atoms with Crippen LogP contribution in [0.1, 0.15) is 23.4 Å². The molecule has 5 nitrogen and oxygen atoms in total. The monoisotopic (exact) mass is 356 g/mol. The van der Waals surface area contributed by atoms with Crippen LogP contribution >= 0.6 is 11.3 Å². The third-order valence-corrected chi connectivity index (χ3v) is 5.37. The van der Waals surface area contributed by atoms with Crippen LogP contribution < -0.4 is 10.6 Å². The maximum absolute atomic E-state index is 12.6. The van der Waals surface area contributed by atoms with Gasteiger partial charge in [-0.25, -0.2) is 0 Å². The van der Waals surface area contributed by atoms with Crippen molar-refractivity contribution in [2.24, 2.45) is 5.73 Å². The fourth-order valence-electron chi connectivity index (χ4n) is 2.97. The lowest BCUT2D eigenvalue weighted by Gasteiger charge is -2.39. The van der Waals surface area contributed by atoms with Crippen molar-refractivity contribution in [3.05, 3.63) is 40.9 Å². The molecule has 24 heavy (non-hydrogen) atoms. The molecule has 1 aromatic heterocycles. The quantitative estimate of drug-likeness (QED) is 0.918. The molecule has 0 spiro atoms. The van der Waals surface area contributed by atoms with Crippen molar-refractivity contribution < 1.29 is 18.0 Å². The minimum atomic E-state index is -4.49. The summed E-state index contributed by atoms with van der Waals surface area (Å²) in [5, 5.41) is 6.08. The van der Waals surface area contributed by atoms with E-state index in [0.29, 0.717) is 37.3 Å². The minimum Gasteiger partial charge on any atom is -0.369 e. The van der Waals surface area contributed by atoms with Gasteiger partial charge in [-0.3, -0.25) is 4.79 Å². The van der Waals surface area contributed by atoms with Gasteiger partial charge in [-0.1, -0.05) is 41.7 Å². The second kappa shape index (κ2) is 6.04. The normalized spacial score (nSPS) is 17.7. The summed E-state index contributed by atoms with van der Waals surface area (Å²) in [5.74, 6) is -0.415. The number of carbonyl (C=O) groups excluding carboxylic acids is 1. The van der Waals surface area contributed by atoms with Gasteiger partial charge in [-0.2, -0.15) is 13.2 Å². The molecule has 1 amide bonds. The van der Waals surface area contributed by atoms with Gasteiger partial charge < -0.3 is 10.6 Å². The van der Waals surface area contributed by atoms with E-state index >= 15 is 0 Å². The Morgan fingerprint density at radius 2 is 1.79 bits per heavy atom. The van der Waals surface area contributed by atoms with Crippen molar-refractivity contribution in [1.82, 2.24) is 10.2 Å². The largest absolute Gasteiger partial charge is 0.445 e. The van der Waals surface area contributed by atoms with Gasteiger partial charge in [0, 0.05) is 13.1 Å². The van der Waals surface area contributed by atoms with Gasteiger partial charge in [0.15, 0.2) is 0 Å². The SMILES string of the molecule is NC(=O)C1(c2ccccc2)CCN(c2nnc(C(F)(F)F)s2)CC1. The number of piperidine rings is 1. The maximum Gasteiger partial charge on any atom is 0.445 e. The topological polar surface area (TPSA) is 72.1 Å². The highest BCUT2D eigenvalue weighted by atomic mass is 32.1. The number of amides is 1. The lowest BCUT2D eigenvalue weighted by Crippen LogP contribution is -2.50. The number of aromatic nitrogens is 2. The van der Waals surface area contributed by atoms with E-state index in [1.165, 1.54) is 0 Å². The molecule has 0 aliphatic carbocycles. The van der Waals surface area contributed by atoms with Gasteiger partial charge in [-0.05, 0) is 18.4 Å². The smallest absolute Gasteiger partial charge is 0.369 e. The lowest BCUT2D eigenvalue weighted by atomic mass is 9.72. The molecule has 1 saturated heterocycles. The minimum absolute atomic E-state index is 0.216. The first-order chi connectivity index (χ1) is 11.3. The Bertz CT molecular complexity index is 724. The molecule has 0 saturated carbocycles. The maximum atomic E-state index is 12.6. The Kier molecular flexibility index (Phi) is 4.20. The molecule has 1 aromatic carbocycles. The molecule has 0 radical (unpaired) electrons. The van der Waals surface area contributed by atoms with Gasteiger partial charge in [-0.15, -0.1) is 10.2 Å². The summed E-state index contributed by atoms with van der Waals surface area (Å²) in [5.41, 5.74) is 5.69. The molecule has 1 aliphatic rings. The number of hydrogen-bond donors (Lipinski definition) is 1. The molecular formula is C15H15F3N4OS. The second-order valence-electron chi connectivity index (χ2n) is 5.69. The third kappa shape index (κ3) is 2.95. The second-order valence-corrected chi connectivity index (χ2v) is 6.64. The Balaban J connectivity index is 1.79. The molecule has 2 N–H and O–H groups in total. The van der Waals surface area contributed by atoms with Gasteiger partial charge >= 0.3 is 6.18 Å². The molecule has 0 unspecified atom stereocenters. The number of alkyl halides is 3. The Hall–Kier alpha value is -2.16. The van der Waals surface area contributed by atoms with E-state index in [-0.39, 0.29) is 5.13 Å². The van der Waals surface area contributed by atoms with E-state index in [1.54, 1.807) is 4.90 Å². The molecule has 9 heteroatoms. The number of anilines is 1. The van der Waals surface area contributed by atoms with Crippen molar-refractivity contribution >= 4 is 22.4 Å². The van der Waals surface area contributed by atoms with Gasteiger partial charge in [0.05, 0.1) is 5.41 Å². The summed E-state index contributed by atoms with van der Waals surface area (Å²) < 4.78 is 37.9. The Labute approximate surface area is 140 Å². The van der Waals surface area contributed by atoms with Crippen molar-refractivity contribution in [3.63, 3.8) is 0 Å². The summed E-state index contributed by atoms with van der Waals surface area (Å²) in [7, 11) is 0. The molecule has 1 fully saturated rings. The number of carbonyl (C=O) groups is 1. The lowest BCUT2D eigenvalue weighted by molar-refractivity contribution is -0.138. The van der Waals surface area contributed by atoms with E-state index in [1.807, 2.05) is 30.3 Å². The number of rotatable bonds is 3. The molecule has 0 atom stereocenters. The van der Waals surface area contributed by atoms with Crippen LogP contribution in [-0.2, 0) is 16.4 Å². The average Bonchev–Trinajstić information content (AvgIpc) is 3.06. The number of nitrogens with two attached hydrogens (primary N) is 1. The van der Waals surface area contributed by atoms with Crippen LogP contribution in [0.3, 0.4) is 0 Å². The predicted molar refractivity (Wildman–Crippen MR) is 83.7 cm³/mol. The van der Waals surface area contributed by atoms with Crippen LogP contribution in [0, 0.1) is 0 Å². The fourth-order valence-corrected chi connectivity index (χ4v) is 3.74. The first kappa shape index (κ1) is 16.7. The van der Waals surface area contributed by atoms with E-state index in [2.05, 4.69) is 10.2 Å². The molecule has 1 aliphatic heterocycles. The highest BCUT2D eigenvalue weighted by Gasteiger charge is 2.42. The van der Waals surface area contributed by atoms with Crippen molar-refractivity contribution in [2.75, 3.05) is 18.0 Å². The van der Waals surface area contributed by atoms with Crippen LogP contribution in [-0.4, -0.2) is 29.2 Å². The van der Waals surface area contributed by atoms with Crippen molar-refractivity contribution in [1.29, 1.82) is 0 Å². The molecule has 2 aromatic rings. The third-order valence-electron chi connectivity index (χ3n) is 4.34. The number of benzene rings is 1. The average molecular weight is 356 g/mol. The zero-order valence-electron chi connectivity index (χ0n) is 12.6. The van der Waals surface area contributed by atoms with Crippen LogP contribution in [0.25, 0.3) is 0 Å². The summed E-state index contributed by atoms with van der Waals surface area (Å²) in [6.45, 7) is 0.786. The molecule has 0 bridgehead atoms. The summed E-state index contributed by atoms with van der Waals surface area (Å²) in [4.78, 5) is 13.8. The van der Waals surface area contributed by atoms with Crippen LogP contribution in [0.15, 0.2) is 30.3 Å². The standard InChI is InChI=1S/C15H15F3N4OS/c16-15(17,18)12-20-21-13(24-12)22-8-6-14(7-9-22,11(19)23)10-4-2-1-3-5-10/h1-5H,6-9H2,(H2,19,23). The predicted octanol–water partition coefficient (Wildman–Crippen LogP) is 2.58. The van der Waals surface area contributed by atoms with Crippen LogP contribution in [0.4, 0.5) is 18.3 Å².